The lowest BCUT2D eigenvalue weighted by atomic mass is 10.1. The maximum Gasteiger partial charge on any atom is 0.178 e. The number of benzene rings is 1. The molecule has 2 N–H and O–H groups in total. The van der Waals surface area contributed by atoms with Gasteiger partial charge in [-0.3, -0.25) is 0 Å². The minimum atomic E-state index is -3.16. The number of anilines is 1. The molecule has 0 aliphatic carbocycles. The third kappa shape index (κ3) is 6.42. The number of nitrogens with two attached hydrogens (primary N) is 1. The molecule has 1 rings (SSSR count). The number of nitrogen functional groups attached to an aromatic ring is 1. The summed E-state index contributed by atoms with van der Waals surface area (Å²) in [5, 5.41) is 0. The van der Waals surface area contributed by atoms with Crippen LogP contribution in [-0.2, 0) is 9.84 Å². The van der Waals surface area contributed by atoms with Crippen LogP contribution in [0.2, 0.25) is 0 Å². The topological polar surface area (TPSA) is 60.2 Å². The first kappa shape index (κ1) is 17.0. The highest BCUT2D eigenvalue weighted by Gasteiger charge is 2.13. The summed E-state index contributed by atoms with van der Waals surface area (Å²) in [6.45, 7) is 2.21. The van der Waals surface area contributed by atoms with E-state index in [9.17, 15) is 8.42 Å². The van der Waals surface area contributed by atoms with E-state index in [2.05, 4.69) is 6.92 Å². The fraction of sp³-hybridized carbons (Fsp3) is 0.625. The molecule has 20 heavy (non-hydrogen) atoms. The van der Waals surface area contributed by atoms with Crippen LogP contribution in [0.15, 0.2) is 29.2 Å². The smallest absolute Gasteiger partial charge is 0.178 e. The van der Waals surface area contributed by atoms with Crippen molar-refractivity contribution in [3.8, 4) is 0 Å². The maximum atomic E-state index is 12.1. The zero-order chi connectivity index (χ0) is 14.8. The Bertz CT molecular complexity index is 483. The summed E-state index contributed by atoms with van der Waals surface area (Å²) in [6.07, 6.45) is 9.24. The van der Waals surface area contributed by atoms with Gasteiger partial charge in [0.05, 0.1) is 10.6 Å². The van der Waals surface area contributed by atoms with Gasteiger partial charge in [-0.15, -0.1) is 0 Å². The fourth-order valence-electron chi connectivity index (χ4n) is 2.25. The van der Waals surface area contributed by atoms with Gasteiger partial charge in [0.15, 0.2) is 9.84 Å². The lowest BCUT2D eigenvalue weighted by Crippen LogP contribution is -2.07. The summed E-state index contributed by atoms with van der Waals surface area (Å²) < 4.78 is 24.2. The van der Waals surface area contributed by atoms with Crippen LogP contribution in [0.3, 0.4) is 0 Å². The molecule has 114 valence electrons. The van der Waals surface area contributed by atoms with E-state index in [4.69, 9.17) is 5.73 Å². The Morgan fingerprint density at radius 2 is 1.55 bits per heavy atom. The summed E-state index contributed by atoms with van der Waals surface area (Å²) in [5.41, 5.74) is 6.13. The van der Waals surface area contributed by atoms with Gasteiger partial charge in [0.2, 0.25) is 0 Å². The van der Waals surface area contributed by atoms with E-state index >= 15 is 0 Å². The Morgan fingerprint density at radius 3 is 2.15 bits per heavy atom. The second kappa shape index (κ2) is 9.01. The Kier molecular flexibility index (Phi) is 7.67. The van der Waals surface area contributed by atoms with Gasteiger partial charge in [0.25, 0.3) is 0 Å². The van der Waals surface area contributed by atoms with Crippen molar-refractivity contribution < 1.29 is 8.42 Å². The van der Waals surface area contributed by atoms with Crippen molar-refractivity contribution in [2.45, 2.75) is 63.2 Å². The highest BCUT2D eigenvalue weighted by molar-refractivity contribution is 7.91. The molecule has 1 aromatic rings. The lowest BCUT2D eigenvalue weighted by Gasteiger charge is -2.05. The molecule has 0 heterocycles. The zero-order valence-corrected chi connectivity index (χ0v) is 13.3. The molecule has 0 aliphatic heterocycles. The quantitative estimate of drug-likeness (QED) is 0.520. The van der Waals surface area contributed by atoms with Gasteiger partial charge in [-0.1, -0.05) is 57.9 Å². The molecule has 3 nitrogen and oxygen atoms in total. The van der Waals surface area contributed by atoms with E-state index in [1.54, 1.807) is 24.3 Å². The van der Waals surface area contributed by atoms with Gasteiger partial charge in [0.1, 0.15) is 0 Å². The van der Waals surface area contributed by atoms with Crippen LogP contribution in [0.1, 0.15) is 58.3 Å². The number of rotatable bonds is 10. The largest absolute Gasteiger partial charge is 0.399 e. The number of hydrogen-bond donors (Lipinski definition) is 1. The number of unbranched alkanes of at least 4 members (excludes halogenated alkanes) is 7. The monoisotopic (exact) mass is 297 g/mol. The maximum absolute atomic E-state index is 12.1. The third-order valence-electron chi connectivity index (χ3n) is 3.48. The number of sulfone groups is 1. The number of hydrogen-bond acceptors (Lipinski definition) is 3. The Balaban J connectivity index is 2.24. The van der Waals surface area contributed by atoms with Crippen LogP contribution in [0.4, 0.5) is 5.69 Å². The zero-order valence-electron chi connectivity index (χ0n) is 12.5. The van der Waals surface area contributed by atoms with Crippen LogP contribution in [0.25, 0.3) is 0 Å². The van der Waals surface area contributed by atoms with E-state index in [1.807, 2.05) is 0 Å². The first-order valence-electron chi connectivity index (χ1n) is 7.64. The molecule has 0 unspecified atom stereocenters. The Labute approximate surface area is 123 Å². The predicted octanol–water partition coefficient (Wildman–Crippen LogP) is 4.18. The van der Waals surface area contributed by atoms with Crippen molar-refractivity contribution in [2.75, 3.05) is 11.5 Å². The van der Waals surface area contributed by atoms with E-state index in [0.29, 0.717) is 10.6 Å². The van der Waals surface area contributed by atoms with Gasteiger partial charge < -0.3 is 5.73 Å². The SMILES string of the molecule is CCCCCCCCCCS(=O)(=O)c1cccc(N)c1. The molecule has 0 radical (unpaired) electrons. The van der Waals surface area contributed by atoms with Gasteiger partial charge >= 0.3 is 0 Å². The van der Waals surface area contributed by atoms with Gasteiger partial charge in [-0.2, -0.15) is 0 Å². The van der Waals surface area contributed by atoms with E-state index in [-0.39, 0.29) is 5.75 Å². The third-order valence-corrected chi connectivity index (χ3v) is 5.28. The fourth-order valence-corrected chi connectivity index (χ4v) is 3.67. The molecular weight excluding hydrogens is 270 g/mol. The van der Waals surface area contributed by atoms with Crippen LogP contribution in [0.5, 0.6) is 0 Å². The van der Waals surface area contributed by atoms with Gasteiger partial charge in [-0.25, -0.2) is 8.42 Å². The second-order valence-corrected chi connectivity index (χ2v) is 7.48. The molecule has 0 fully saturated rings. The normalized spacial score (nSPS) is 11.7. The molecule has 1 aromatic carbocycles. The summed E-state index contributed by atoms with van der Waals surface area (Å²) >= 11 is 0. The van der Waals surface area contributed by atoms with Crippen LogP contribution in [0, 0.1) is 0 Å². The first-order valence-corrected chi connectivity index (χ1v) is 9.30. The summed E-state index contributed by atoms with van der Waals surface area (Å²) in [6, 6.07) is 6.56. The molecule has 0 saturated heterocycles. The van der Waals surface area contributed by atoms with Crippen molar-refractivity contribution >= 4 is 15.5 Å². The van der Waals surface area contributed by atoms with E-state index in [1.165, 1.54) is 32.1 Å². The molecule has 4 heteroatoms. The standard InChI is InChI=1S/C16H27NO2S/c1-2-3-4-5-6-7-8-9-13-20(18,19)16-12-10-11-15(17)14-16/h10-12,14H,2-9,13,17H2,1H3. The Hall–Kier alpha value is -1.03. The van der Waals surface area contributed by atoms with Crippen molar-refractivity contribution in [1.29, 1.82) is 0 Å². The van der Waals surface area contributed by atoms with Crippen molar-refractivity contribution in [3.05, 3.63) is 24.3 Å². The van der Waals surface area contributed by atoms with E-state index < -0.39 is 9.84 Å². The van der Waals surface area contributed by atoms with Crippen molar-refractivity contribution in [1.82, 2.24) is 0 Å². The predicted molar refractivity (Wildman–Crippen MR) is 85.5 cm³/mol. The molecule has 0 bridgehead atoms. The average Bonchev–Trinajstić information content (AvgIpc) is 2.42. The first-order chi connectivity index (χ1) is 9.56. The van der Waals surface area contributed by atoms with Crippen LogP contribution >= 0.6 is 0 Å². The second-order valence-electron chi connectivity index (χ2n) is 5.37. The van der Waals surface area contributed by atoms with Crippen molar-refractivity contribution in [3.63, 3.8) is 0 Å². The average molecular weight is 297 g/mol. The minimum absolute atomic E-state index is 0.228. The summed E-state index contributed by atoms with van der Waals surface area (Å²) in [5.74, 6) is 0.228. The molecule has 0 spiro atoms. The molecule has 0 aromatic heterocycles. The summed E-state index contributed by atoms with van der Waals surface area (Å²) in [4.78, 5) is 0.348. The summed E-state index contributed by atoms with van der Waals surface area (Å²) in [7, 11) is -3.16. The molecule has 0 saturated carbocycles. The molecule has 0 atom stereocenters. The van der Waals surface area contributed by atoms with E-state index in [0.717, 1.165) is 19.3 Å². The highest BCUT2D eigenvalue weighted by atomic mass is 32.2. The van der Waals surface area contributed by atoms with Crippen LogP contribution in [-0.4, -0.2) is 14.2 Å². The lowest BCUT2D eigenvalue weighted by molar-refractivity contribution is 0.572. The van der Waals surface area contributed by atoms with Gasteiger partial charge in [0, 0.05) is 5.69 Å². The van der Waals surface area contributed by atoms with Crippen LogP contribution < -0.4 is 5.73 Å². The minimum Gasteiger partial charge on any atom is -0.399 e. The molecule has 0 aliphatic rings. The molecule has 0 amide bonds. The Morgan fingerprint density at radius 1 is 0.950 bits per heavy atom. The molecular formula is C16H27NO2S. The highest BCUT2D eigenvalue weighted by Crippen LogP contribution is 2.16. The van der Waals surface area contributed by atoms with Crippen molar-refractivity contribution in [2.24, 2.45) is 0 Å². The van der Waals surface area contributed by atoms with Gasteiger partial charge in [-0.05, 0) is 24.6 Å².